The summed E-state index contributed by atoms with van der Waals surface area (Å²) in [6.07, 6.45) is 0. The number of nitrogens with one attached hydrogen (secondary N) is 1. The van der Waals surface area contributed by atoms with Crippen molar-refractivity contribution in [3.05, 3.63) is 58.2 Å². The van der Waals surface area contributed by atoms with Gasteiger partial charge in [0.25, 0.3) is 5.56 Å². The molecule has 0 saturated heterocycles. The molecule has 1 aromatic carbocycles. The normalized spacial score (nSPS) is 10.5. The number of aromatic amines is 1. The second kappa shape index (κ2) is 4.70. The first-order valence-electron chi connectivity index (χ1n) is 5.68. The van der Waals surface area contributed by atoms with Crippen molar-refractivity contribution in [3.8, 4) is 27.7 Å². The molecule has 2 heterocycles. The molecule has 0 fully saturated rings. The van der Waals surface area contributed by atoms with Crippen LogP contribution in [0.15, 0.2) is 52.6 Å². The SMILES string of the molecule is O=c1[nH]c(-c2cccs2)nc(O)c1-c1ccccc1. The Morgan fingerprint density at radius 1 is 1.11 bits per heavy atom. The average Bonchev–Trinajstić information content (AvgIpc) is 2.93. The third-order valence-corrected chi connectivity index (χ3v) is 3.59. The van der Waals surface area contributed by atoms with Gasteiger partial charge in [0.15, 0.2) is 5.82 Å². The summed E-state index contributed by atoms with van der Waals surface area (Å²) in [6, 6.07) is 12.7. The summed E-state index contributed by atoms with van der Waals surface area (Å²) in [5, 5.41) is 11.9. The first kappa shape index (κ1) is 11.7. The highest BCUT2D eigenvalue weighted by Gasteiger charge is 2.13. The van der Waals surface area contributed by atoms with Crippen LogP contribution < -0.4 is 5.56 Å². The molecule has 0 saturated carbocycles. The third-order valence-electron chi connectivity index (χ3n) is 2.72. The van der Waals surface area contributed by atoms with Crippen molar-refractivity contribution in [3.63, 3.8) is 0 Å². The average molecular weight is 270 g/mol. The fourth-order valence-electron chi connectivity index (χ4n) is 1.86. The van der Waals surface area contributed by atoms with E-state index >= 15 is 0 Å². The van der Waals surface area contributed by atoms with Crippen molar-refractivity contribution >= 4 is 11.3 Å². The fraction of sp³-hybridized carbons (Fsp3) is 0. The lowest BCUT2D eigenvalue weighted by Gasteiger charge is -2.04. The van der Waals surface area contributed by atoms with Crippen molar-refractivity contribution in [2.45, 2.75) is 0 Å². The molecule has 0 aliphatic carbocycles. The largest absolute Gasteiger partial charge is 0.493 e. The lowest BCUT2D eigenvalue weighted by Crippen LogP contribution is -2.11. The molecule has 0 unspecified atom stereocenters. The van der Waals surface area contributed by atoms with E-state index in [0.29, 0.717) is 11.4 Å². The number of hydrogen-bond donors (Lipinski definition) is 2. The summed E-state index contributed by atoms with van der Waals surface area (Å²) in [7, 11) is 0. The van der Waals surface area contributed by atoms with Crippen LogP contribution in [0.4, 0.5) is 0 Å². The Labute approximate surface area is 113 Å². The zero-order chi connectivity index (χ0) is 13.2. The van der Waals surface area contributed by atoms with Crippen molar-refractivity contribution in [2.75, 3.05) is 0 Å². The molecule has 2 N–H and O–H groups in total. The van der Waals surface area contributed by atoms with E-state index in [-0.39, 0.29) is 17.0 Å². The zero-order valence-electron chi connectivity index (χ0n) is 9.83. The van der Waals surface area contributed by atoms with Gasteiger partial charge in [-0.05, 0) is 17.0 Å². The molecule has 19 heavy (non-hydrogen) atoms. The van der Waals surface area contributed by atoms with E-state index in [0.717, 1.165) is 4.88 Å². The minimum Gasteiger partial charge on any atom is -0.493 e. The van der Waals surface area contributed by atoms with Gasteiger partial charge in [0.1, 0.15) is 5.56 Å². The molecule has 0 bridgehead atoms. The van der Waals surface area contributed by atoms with Crippen molar-refractivity contribution < 1.29 is 5.11 Å². The van der Waals surface area contributed by atoms with Crippen LogP contribution in [-0.4, -0.2) is 15.1 Å². The van der Waals surface area contributed by atoms with Gasteiger partial charge >= 0.3 is 0 Å². The van der Waals surface area contributed by atoms with E-state index in [1.165, 1.54) is 11.3 Å². The molecule has 0 aliphatic heterocycles. The number of hydrogen-bond acceptors (Lipinski definition) is 4. The van der Waals surface area contributed by atoms with E-state index in [9.17, 15) is 9.90 Å². The minimum atomic E-state index is -0.345. The Balaban J connectivity index is 2.17. The highest BCUT2D eigenvalue weighted by Crippen LogP contribution is 2.26. The third kappa shape index (κ3) is 2.15. The van der Waals surface area contributed by atoms with Crippen LogP contribution >= 0.6 is 11.3 Å². The molecule has 0 atom stereocenters. The van der Waals surface area contributed by atoms with Gasteiger partial charge in [0.2, 0.25) is 5.88 Å². The summed E-state index contributed by atoms with van der Waals surface area (Å²) >= 11 is 1.45. The molecule has 0 radical (unpaired) electrons. The molecule has 2 aromatic heterocycles. The molecular formula is C14H10N2O2S. The van der Waals surface area contributed by atoms with E-state index < -0.39 is 0 Å². The number of aromatic hydroxyl groups is 1. The smallest absolute Gasteiger partial charge is 0.262 e. The van der Waals surface area contributed by atoms with E-state index in [2.05, 4.69) is 9.97 Å². The Morgan fingerprint density at radius 3 is 2.53 bits per heavy atom. The van der Waals surface area contributed by atoms with Crippen molar-refractivity contribution in [2.24, 2.45) is 0 Å². The van der Waals surface area contributed by atoms with E-state index in [4.69, 9.17) is 0 Å². The first-order chi connectivity index (χ1) is 9.25. The van der Waals surface area contributed by atoms with Gasteiger partial charge in [-0.1, -0.05) is 36.4 Å². The second-order valence-corrected chi connectivity index (χ2v) is 4.90. The number of H-pyrrole nitrogens is 1. The maximum absolute atomic E-state index is 12.1. The molecule has 4 nitrogen and oxygen atoms in total. The number of nitrogens with zero attached hydrogens (tertiary/aromatic N) is 1. The number of aromatic nitrogens is 2. The summed E-state index contributed by atoms with van der Waals surface area (Å²) in [6.45, 7) is 0. The summed E-state index contributed by atoms with van der Waals surface area (Å²) in [5.41, 5.74) is 0.495. The van der Waals surface area contributed by atoms with Crippen LogP contribution in [0.1, 0.15) is 0 Å². The lowest BCUT2D eigenvalue weighted by atomic mass is 10.1. The quantitative estimate of drug-likeness (QED) is 0.752. The van der Waals surface area contributed by atoms with Crippen LogP contribution in [0.3, 0.4) is 0 Å². The monoisotopic (exact) mass is 270 g/mol. The highest BCUT2D eigenvalue weighted by atomic mass is 32.1. The molecule has 3 aromatic rings. The first-order valence-corrected chi connectivity index (χ1v) is 6.56. The van der Waals surface area contributed by atoms with Gasteiger partial charge in [-0.2, -0.15) is 4.98 Å². The maximum atomic E-state index is 12.1. The predicted octanol–water partition coefficient (Wildman–Crippen LogP) is 2.87. The van der Waals surface area contributed by atoms with Gasteiger partial charge in [-0.3, -0.25) is 4.79 Å². The Kier molecular flexibility index (Phi) is 2.89. The van der Waals surface area contributed by atoms with Gasteiger partial charge in [-0.15, -0.1) is 11.3 Å². The van der Waals surface area contributed by atoms with Crippen LogP contribution in [0, 0.1) is 0 Å². The van der Waals surface area contributed by atoms with Gasteiger partial charge in [-0.25, -0.2) is 0 Å². The maximum Gasteiger partial charge on any atom is 0.262 e. The van der Waals surface area contributed by atoms with Gasteiger partial charge < -0.3 is 10.1 Å². The van der Waals surface area contributed by atoms with E-state index in [1.807, 2.05) is 23.6 Å². The molecule has 5 heteroatoms. The zero-order valence-corrected chi connectivity index (χ0v) is 10.6. The van der Waals surface area contributed by atoms with Crippen LogP contribution in [0.5, 0.6) is 5.88 Å². The van der Waals surface area contributed by atoms with Gasteiger partial charge in [0.05, 0.1) is 4.88 Å². The Bertz CT molecular complexity index is 749. The molecule has 0 amide bonds. The van der Waals surface area contributed by atoms with Gasteiger partial charge in [0, 0.05) is 0 Å². The van der Waals surface area contributed by atoms with Crippen LogP contribution in [0.25, 0.3) is 21.8 Å². The highest BCUT2D eigenvalue weighted by molar-refractivity contribution is 7.13. The predicted molar refractivity (Wildman–Crippen MR) is 75.3 cm³/mol. The molecule has 0 spiro atoms. The Hall–Kier alpha value is -2.40. The number of thiophene rings is 1. The Morgan fingerprint density at radius 2 is 1.89 bits per heavy atom. The molecular weight excluding hydrogens is 260 g/mol. The number of benzene rings is 1. The van der Waals surface area contributed by atoms with Crippen LogP contribution in [0.2, 0.25) is 0 Å². The minimum absolute atomic E-state index is 0.195. The van der Waals surface area contributed by atoms with Crippen LogP contribution in [-0.2, 0) is 0 Å². The lowest BCUT2D eigenvalue weighted by molar-refractivity contribution is 0.454. The standard InChI is InChI=1S/C14H10N2O2S/c17-13-11(9-5-2-1-3-6-9)14(18)16-12(15-13)10-7-4-8-19-10/h1-8H,(H2,15,16,17,18). The van der Waals surface area contributed by atoms with E-state index in [1.54, 1.807) is 24.3 Å². The van der Waals surface area contributed by atoms with Crippen molar-refractivity contribution in [1.29, 1.82) is 0 Å². The number of rotatable bonds is 2. The molecule has 0 aliphatic rings. The second-order valence-electron chi connectivity index (χ2n) is 3.96. The van der Waals surface area contributed by atoms with Crippen molar-refractivity contribution in [1.82, 2.24) is 9.97 Å². The fourth-order valence-corrected chi connectivity index (χ4v) is 2.53. The molecule has 3 rings (SSSR count). The molecule has 94 valence electrons. The summed E-state index contributed by atoms with van der Waals surface area (Å²) in [4.78, 5) is 19.7. The summed E-state index contributed by atoms with van der Waals surface area (Å²) < 4.78 is 0. The summed E-state index contributed by atoms with van der Waals surface area (Å²) in [5.74, 6) is 0.135. The topological polar surface area (TPSA) is 66.0 Å².